The topological polar surface area (TPSA) is 94.3 Å². The van der Waals surface area contributed by atoms with E-state index in [0.29, 0.717) is 28.9 Å². The summed E-state index contributed by atoms with van der Waals surface area (Å²) in [5.74, 6) is -2.41. The van der Waals surface area contributed by atoms with Gasteiger partial charge in [0.05, 0.1) is 23.6 Å². The van der Waals surface area contributed by atoms with Crippen LogP contribution in [0.3, 0.4) is 0 Å². The van der Waals surface area contributed by atoms with Crippen LogP contribution in [-0.4, -0.2) is 34.6 Å². The molecule has 1 N–H and O–H groups in total. The number of alkyl halides is 3. The first kappa shape index (κ1) is 25.2. The molecular weight excluding hydrogens is 518 g/mol. The van der Waals surface area contributed by atoms with E-state index >= 15 is 0 Å². The lowest BCUT2D eigenvalue weighted by atomic mass is 9.92. The number of aryl methyl sites for hydroxylation is 1. The number of carbonyl (C=O) groups is 2. The van der Waals surface area contributed by atoms with Crippen molar-refractivity contribution in [1.29, 1.82) is 0 Å². The second kappa shape index (κ2) is 9.13. The largest absolute Gasteiger partial charge is 0.493 e. The lowest BCUT2D eigenvalue weighted by Crippen LogP contribution is -2.39. The van der Waals surface area contributed by atoms with Gasteiger partial charge in [-0.3, -0.25) is 9.59 Å². The molecule has 0 saturated heterocycles. The van der Waals surface area contributed by atoms with Crippen LogP contribution < -0.4 is 10.1 Å². The predicted molar refractivity (Wildman–Crippen MR) is 123 cm³/mol. The van der Waals surface area contributed by atoms with Gasteiger partial charge in [-0.1, -0.05) is 28.9 Å². The molecule has 1 saturated carbocycles. The first-order valence-electron chi connectivity index (χ1n) is 11.4. The van der Waals surface area contributed by atoms with Crippen molar-refractivity contribution < 1.29 is 36.4 Å². The number of ether oxygens (including phenoxy) is 1. The number of amides is 1. The monoisotopic (exact) mass is 537 g/mol. The summed E-state index contributed by atoms with van der Waals surface area (Å²) in [4.78, 5) is 28.5. The smallest absolute Gasteiger partial charge is 0.450 e. The molecule has 12 heteroatoms. The van der Waals surface area contributed by atoms with Crippen molar-refractivity contribution in [3.8, 4) is 28.3 Å². The molecule has 3 aromatic rings. The number of rotatable bonds is 6. The van der Waals surface area contributed by atoms with E-state index in [0.717, 1.165) is 6.07 Å². The third-order valence-corrected chi connectivity index (χ3v) is 6.84. The second-order valence-electron chi connectivity index (χ2n) is 9.24. The Labute approximate surface area is 213 Å². The Hall–Kier alpha value is -3.47. The van der Waals surface area contributed by atoms with E-state index in [-0.39, 0.29) is 41.7 Å². The Balaban J connectivity index is 1.43. The SMILES string of the molecule is Cc1nc(-c2c(F)cc(Cl)cc2-c2ccc3c(c2)OCCC3NC(=O)C2(CC(=O)C(F)(F)F)CC2)no1. The van der Waals surface area contributed by atoms with Gasteiger partial charge in [0.1, 0.15) is 11.6 Å². The highest BCUT2D eigenvalue weighted by molar-refractivity contribution is 6.31. The molecule has 2 heterocycles. The van der Waals surface area contributed by atoms with Crippen LogP contribution in [0.2, 0.25) is 5.02 Å². The molecule has 1 aliphatic carbocycles. The number of hydrogen-bond acceptors (Lipinski definition) is 6. The van der Waals surface area contributed by atoms with E-state index in [1.54, 1.807) is 31.2 Å². The number of nitrogens with zero attached hydrogens (tertiary/aromatic N) is 2. The first-order valence-corrected chi connectivity index (χ1v) is 11.8. The quantitative estimate of drug-likeness (QED) is 0.403. The van der Waals surface area contributed by atoms with Gasteiger partial charge in [0, 0.05) is 30.4 Å². The molecule has 37 heavy (non-hydrogen) atoms. The Morgan fingerprint density at radius 2 is 1.97 bits per heavy atom. The van der Waals surface area contributed by atoms with Crippen molar-refractivity contribution in [1.82, 2.24) is 15.5 Å². The Morgan fingerprint density at radius 1 is 1.22 bits per heavy atom. The Morgan fingerprint density at radius 3 is 2.62 bits per heavy atom. The van der Waals surface area contributed by atoms with Gasteiger partial charge in [0.15, 0.2) is 0 Å². The number of fused-ring (bicyclic) bond motifs is 1. The van der Waals surface area contributed by atoms with Crippen molar-refractivity contribution in [3.63, 3.8) is 0 Å². The van der Waals surface area contributed by atoms with E-state index in [1.807, 2.05) is 0 Å². The highest BCUT2D eigenvalue weighted by Gasteiger charge is 2.55. The van der Waals surface area contributed by atoms with E-state index in [9.17, 15) is 27.2 Å². The molecule has 1 fully saturated rings. The van der Waals surface area contributed by atoms with Gasteiger partial charge in [-0.25, -0.2) is 4.39 Å². The minimum absolute atomic E-state index is 0.0496. The number of halogens is 5. The van der Waals surface area contributed by atoms with E-state index in [1.165, 1.54) is 0 Å². The summed E-state index contributed by atoms with van der Waals surface area (Å²) >= 11 is 6.12. The minimum Gasteiger partial charge on any atom is -0.493 e. The van der Waals surface area contributed by atoms with Crippen molar-refractivity contribution >= 4 is 23.3 Å². The van der Waals surface area contributed by atoms with Gasteiger partial charge < -0.3 is 14.6 Å². The van der Waals surface area contributed by atoms with Crippen LogP contribution in [0, 0.1) is 18.2 Å². The average molecular weight is 538 g/mol. The van der Waals surface area contributed by atoms with Crippen LogP contribution in [0.15, 0.2) is 34.9 Å². The van der Waals surface area contributed by atoms with Gasteiger partial charge in [0.2, 0.25) is 23.4 Å². The van der Waals surface area contributed by atoms with E-state index in [4.69, 9.17) is 20.9 Å². The number of ketones is 1. The summed E-state index contributed by atoms with van der Waals surface area (Å²) in [6, 6.07) is 7.22. The van der Waals surface area contributed by atoms with Crippen molar-refractivity contribution in [3.05, 3.63) is 52.6 Å². The summed E-state index contributed by atoms with van der Waals surface area (Å²) in [6.07, 6.45) is -5.02. The zero-order valence-corrected chi connectivity index (χ0v) is 20.2. The zero-order valence-electron chi connectivity index (χ0n) is 19.4. The molecule has 1 atom stereocenters. The molecule has 1 unspecified atom stereocenters. The van der Waals surface area contributed by atoms with Crippen LogP contribution >= 0.6 is 11.6 Å². The number of aromatic nitrogens is 2. The molecule has 7 nitrogen and oxygen atoms in total. The molecule has 2 aromatic carbocycles. The molecule has 194 valence electrons. The molecule has 1 amide bonds. The fourth-order valence-corrected chi connectivity index (χ4v) is 4.70. The highest BCUT2D eigenvalue weighted by Crippen LogP contribution is 2.51. The lowest BCUT2D eigenvalue weighted by Gasteiger charge is -2.29. The third-order valence-electron chi connectivity index (χ3n) is 6.63. The maximum absolute atomic E-state index is 14.9. The first-order chi connectivity index (χ1) is 17.5. The van der Waals surface area contributed by atoms with Gasteiger partial charge >= 0.3 is 6.18 Å². The molecule has 0 spiro atoms. The van der Waals surface area contributed by atoms with E-state index < -0.39 is 41.6 Å². The fourth-order valence-electron chi connectivity index (χ4n) is 4.49. The van der Waals surface area contributed by atoms with Crippen LogP contribution in [0.25, 0.3) is 22.5 Å². The second-order valence-corrected chi connectivity index (χ2v) is 9.68. The number of hydrogen-bond donors (Lipinski definition) is 1. The summed E-state index contributed by atoms with van der Waals surface area (Å²) in [5, 5.41) is 6.77. The lowest BCUT2D eigenvalue weighted by molar-refractivity contribution is -0.173. The third kappa shape index (κ3) is 4.92. The summed E-state index contributed by atoms with van der Waals surface area (Å²) in [7, 11) is 0. The van der Waals surface area contributed by atoms with Crippen LogP contribution in [-0.2, 0) is 9.59 Å². The maximum atomic E-state index is 14.9. The van der Waals surface area contributed by atoms with E-state index in [2.05, 4.69) is 15.5 Å². The summed E-state index contributed by atoms with van der Waals surface area (Å²) in [6.45, 7) is 1.81. The fraction of sp³-hybridized carbons (Fsp3) is 0.360. The van der Waals surface area contributed by atoms with Gasteiger partial charge in [-0.15, -0.1) is 0 Å². The van der Waals surface area contributed by atoms with Gasteiger partial charge in [-0.05, 0) is 42.2 Å². The normalized spacial score (nSPS) is 18.1. The molecule has 1 aromatic heterocycles. The number of nitrogens with one attached hydrogen (secondary N) is 1. The van der Waals surface area contributed by atoms with Crippen molar-refractivity contribution in [2.24, 2.45) is 5.41 Å². The predicted octanol–water partition coefficient (Wildman–Crippen LogP) is 5.75. The minimum atomic E-state index is -4.98. The van der Waals surface area contributed by atoms with Crippen LogP contribution in [0.5, 0.6) is 5.75 Å². The molecule has 5 rings (SSSR count). The number of Topliss-reactive ketones (excluding diaryl/α,β-unsaturated/α-hetero) is 1. The maximum Gasteiger partial charge on any atom is 0.450 e. The summed E-state index contributed by atoms with van der Waals surface area (Å²) in [5.41, 5.74) is 0.304. The Bertz CT molecular complexity index is 1400. The summed E-state index contributed by atoms with van der Waals surface area (Å²) < 4.78 is 64.0. The standard InChI is InChI=1S/C25H20ClF4N3O4/c1-12-31-22(33-37-12)21-16(9-14(26)10-17(21)27)13-2-3-15-18(4-7-36-19(15)8-13)32-23(35)24(5-6-24)11-20(34)25(28,29)30/h2-3,8-10,18H,4-7,11H2,1H3,(H,32,35). The molecule has 0 radical (unpaired) electrons. The zero-order chi connectivity index (χ0) is 26.5. The van der Waals surface area contributed by atoms with Crippen molar-refractivity contribution in [2.75, 3.05) is 6.61 Å². The highest BCUT2D eigenvalue weighted by atomic mass is 35.5. The van der Waals surface area contributed by atoms with Gasteiger partial charge in [-0.2, -0.15) is 18.2 Å². The van der Waals surface area contributed by atoms with Crippen LogP contribution in [0.1, 0.15) is 43.2 Å². The molecule has 0 bridgehead atoms. The van der Waals surface area contributed by atoms with Crippen LogP contribution in [0.4, 0.5) is 17.6 Å². The molecular formula is C25H20ClF4N3O4. The number of benzene rings is 2. The number of carbonyl (C=O) groups excluding carboxylic acids is 2. The average Bonchev–Trinajstić information content (AvgIpc) is 3.49. The molecule has 2 aliphatic rings. The van der Waals surface area contributed by atoms with Crippen molar-refractivity contribution in [2.45, 2.75) is 44.8 Å². The molecule has 1 aliphatic heterocycles. The Kier molecular flexibility index (Phi) is 6.21. The van der Waals surface area contributed by atoms with Gasteiger partial charge in [0.25, 0.3) is 0 Å².